The Morgan fingerprint density at radius 1 is 1.07 bits per heavy atom. The fourth-order valence-corrected chi connectivity index (χ4v) is 4.66. The van der Waals surface area contributed by atoms with Gasteiger partial charge in [0.25, 0.3) is 5.56 Å². The average Bonchev–Trinajstić information content (AvgIpc) is 2.94. The molecular formula is C22H23BrClN3O2. The zero-order chi connectivity index (χ0) is 20.6. The molecular weight excluding hydrogens is 454 g/mol. The van der Waals surface area contributed by atoms with E-state index in [9.17, 15) is 9.90 Å². The van der Waals surface area contributed by atoms with Crippen molar-refractivity contribution in [2.75, 3.05) is 13.1 Å². The summed E-state index contributed by atoms with van der Waals surface area (Å²) in [5.74, 6) is 0. The van der Waals surface area contributed by atoms with Crippen LogP contribution in [-0.2, 0) is 19.2 Å². The van der Waals surface area contributed by atoms with Crippen LogP contribution in [-0.4, -0.2) is 32.5 Å². The van der Waals surface area contributed by atoms with Crippen LogP contribution in [0.5, 0.6) is 0 Å². The minimum atomic E-state index is -0.833. The molecule has 1 aromatic heterocycles. The van der Waals surface area contributed by atoms with Gasteiger partial charge in [-0.25, -0.2) is 4.68 Å². The molecule has 152 valence electrons. The predicted octanol–water partition coefficient (Wildman–Crippen LogP) is 4.08. The van der Waals surface area contributed by atoms with Gasteiger partial charge in [-0.15, -0.1) is 0 Å². The Bertz CT molecular complexity index is 1050. The van der Waals surface area contributed by atoms with Crippen LogP contribution in [0.3, 0.4) is 0 Å². The number of halogens is 2. The number of likely N-dealkylation sites (tertiary alicyclic amines) is 1. The second-order valence-electron chi connectivity index (χ2n) is 7.55. The molecule has 1 aliphatic rings. The highest BCUT2D eigenvalue weighted by Crippen LogP contribution is 2.34. The molecule has 2 aromatic carbocycles. The summed E-state index contributed by atoms with van der Waals surface area (Å²) in [7, 11) is 1.91. The van der Waals surface area contributed by atoms with Gasteiger partial charge in [0.1, 0.15) is 4.47 Å². The van der Waals surface area contributed by atoms with Gasteiger partial charge >= 0.3 is 0 Å². The Morgan fingerprint density at radius 2 is 1.69 bits per heavy atom. The standard InChI is InChI=1S/C22H23BrClN3O2/c1-25-19(20(23)21(28)27(25)18-5-3-2-4-6-18)15-26-13-11-22(29,12-14-26)16-7-9-17(24)10-8-16/h2-10,29H,11-15H2,1H3. The van der Waals surface area contributed by atoms with Gasteiger partial charge in [-0.2, -0.15) is 0 Å². The zero-order valence-electron chi connectivity index (χ0n) is 16.2. The first-order valence-corrected chi connectivity index (χ1v) is 10.8. The number of nitrogens with zero attached hydrogens (tertiary/aromatic N) is 3. The quantitative estimate of drug-likeness (QED) is 0.617. The van der Waals surface area contributed by atoms with E-state index in [4.69, 9.17) is 11.6 Å². The molecule has 1 fully saturated rings. The monoisotopic (exact) mass is 475 g/mol. The highest BCUT2D eigenvalue weighted by atomic mass is 79.9. The van der Waals surface area contributed by atoms with Gasteiger partial charge in [0, 0.05) is 31.7 Å². The van der Waals surface area contributed by atoms with Gasteiger partial charge in [-0.1, -0.05) is 41.9 Å². The summed E-state index contributed by atoms with van der Waals surface area (Å²) in [5, 5.41) is 11.8. The molecule has 5 nitrogen and oxygen atoms in total. The van der Waals surface area contributed by atoms with Crippen LogP contribution in [0.25, 0.3) is 5.69 Å². The second kappa shape index (κ2) is 8.11. The third-order valence-electron chi connectivity index (χ3n) is 5.76. The van der Waals surface area contributed by atoms with Crippen molar-refractivity contribution in [2.45, 2.75) is 25.0 Å². The molecule has 1 N–H and O–H groups in total. The zero-order valence-corrected chi connectivity index (χ0v) is 18.5. The van der Waals surface area contributed by atoms with Crippen LogP contribution in [0.1, 0.15) is 24.1 Å². The normalized spacial score (nSPS) is 16.8. The smallest absolute Gasteiger partial charge is 0.286 e. The van der Waals surface area contributed by atoms with E-state index < -0.39 is 5.60 Å². The largest absolute Gasteiger partial charge is 0.385 e. The lowest BCUT2D eigenvalue weighted by Gasteiger charge is -2.38. The van der Waals surface area contributed by atoms with E-state index in [1.165, 1.54) is 0 Å². The highest BCUT2D eigenvalue weighted by Gasteiger charge is 2.34. The first-order chi connectivity index (χ1) is 13.9. The molecule has 3 aromatic rings. The molecule has 0 bridgehead atoms. The van der Waals surface area contributed by atoms with Crippen LogP contribution in [0, 0.1) is 0 Å². The lowest BCUT2D eigenvalue weighted by Crippen LogP contribution is -2.42. The minimum absolute atomic E-state index is 0.0663. The summed E-state index contributed by atoms with van der Waals surface area (Å²) >= 11 is 9.47. The number of rotatable bonds is 4. The lowest BCUT2D eigenvalue weighted by molar-refractivity contribution is -0.0282. The molecule has 1 saturated heterocycles. The van der Waals surface area contributed by atoms with Gasteiger partial charge in [-0.3, -0.25) is 14.4 Å². The Balaban J connectivity index is 1.52. The molecule has 0 spiro atoms. The van der Waals surface area contributed by atoms with Crippen LogP contribution in [0.2, 0.25) is 5.02 Å². The number of benzene rings is 2. The van der Waals surface area contributed by atoms with Crippen molar-refractivity contribution < 1.29 is 5.11 Å². The van der Waals surface area contributed by atoms with E-state index in [2.05, 4.69) is 20.8 Å². The fourth-order valence-electron chi connectivity index (χ4n) is 3.99. The highest BCUT2D eigenvalue weighted by molar-refractivity contribution is 9.10. The summed E-state index contributed by atoms with van der Waals surface area (Å²) < 4.78 is 4.16. The summed E-state index contributed by atoms with van der Waals surface area (Å²) in [5.41, 5.74) is 1.77. The van der Waals surface area contributed by atoms with E-state index in [0.717, 1.165) is 30.0 Å². The maximum Gasteiger partial charge on any atom is 0.286 e. The first kappa shape index (κ1) is 20.4. The van der Waals surface area contributed by atoms with E-state index in [-0.39, 0.29) is 5.56 Å². The van der Waals surface area contributed by atoms with Crippen molar-refractivity contribution in [2.24, 2.45) is 7.05 Å². The summed E-state index contributed by atoms with van der Waals surface area (Å²) in [6.45, 7) is 2.13. The van der Waals surface area contributed by atoms with Crippen molar-refractivity contribution in [1.29, 1.82) is 0 Å². The molecule has 4 rings (SSSR count). The molecule has 0 amide bonds. The van der Waals surface area contributed by atoms with Crippen LogP contribution < -0.4 is 5.56 Å². The van der Waals surface area contributed by atoms with E-state index in [1.807, 2.05) is 66.3 Å². The number of para-hydroxylation sites is 1. The molecule has 2 heterocycles. The Hall–Kier alpha value is -1.86. The molecule has 29 heavy (non-hydrogen) atoms. The molecule has 0 radical (unpaired) electrons. The van der Waals surface area contributed by atoms with Crippen LogP contribution in [0.4, 0.5) is 0 Å². The molecule has 7 heteroatoms. The lowest BCUT2D eigenvalue weighted by atomic mass is 9.84. The van der Waals surface area contributed by atoms with Crippen molar-refractivity contribution in [3.05, 3.63) is 85.7 Å². The summed E-state index contributed by atoms with van der Waals surface area (Å²) in [6.07, 6.45) is 1.28. The minimum Gasteiger partial charge on any atom is -0.385 e. The maximum atomic E-state index is 12.8. The van der Waals surface area contributed by atoms with Crippen molar-refractivity contribution >= 4 is 27.5 Å². The molecule has 0 saturated carbocycles. The van der Waals surface area contributed by atoms with Gasteiger partial charge in [0.05, 0.1) is 17.0 Å². The van der Waals surface area contributed by atoms with Gasteiger partial charge in [0.15, 0.2) is 0 Å². The Labute approximate surface area is 183 Å². The van der Waals surface area contributed by atoms with E-state index in [0.29, 0.717) is 28.9 Å². The van der Waals surface area contributed by atoms with Crippen molar-refractivity contribution in [1.82, 2.24) is 14.3 Å². The maximum absolute atomic E-state index is 12.8. The van der Waals surface area contributed by atoms with E-state index >= 15 is 0 Å². The van der Waals surface area contributed by atoms with E-state index in [1.54, 1.807) is 4.68 Å². The first-order valence-electron chi connectivity index (χ1n) is 9.62. The predicted molar refractivity (Wildman–Crippen MR) is 119 cm³/mol. The number of aliphatic hydroxyl groups is 1. The SMILES string of the molecule is Cn1c(CN2CCC(O)(c3ccc(Cl)cc3)CC2)c(Br)c(=O)n1-c1ccccc1. The van der Waals surface area contributed by atoms with Crippen molar-refractivity contribution in [3.8, 4) is 5.69 Å². The summed E-state index contributed by atoms with van der Waals surface area (Å²) in [4.78, 5) is 15.1. The number of piperidine rings is 1. The molecule has 1 aliphatic heterocycles. The van der Waals surface area contributed by atoms with Gasteiger partial charge < -0.3 is 5.11 Å². The van der Waals surface area contributed by atoms with Crippen LogP contribution >= 0.6 is 27.5 Å². The molecule has 0 unspecified atom stereocenters. The number of hydrogen-bond acceptors (Lipinski definition) is 3. The van der Waals surface area contributed by atoms with Gasteiger partial charge in [-0.05, 0) is 58.6 Å². The second-order valence-corrected chi connectivity index (χ2v) is 8.78. The van der Waals surface area contributed by atoms with Crippen LogP contribution in [0.15, 0.2) is 63.9 Å². The third kappa shape index (κ3) is 3.94. The third-order valence-corrected chi connectivity index (χ3v) is 6.81. The van der Waals surface area contributed by atoms with Crippen molar-refractivity contribution in [3.63, 3.8) is 0 Å². The fraction of sp³-hybridized carbons (Fsp3) is 0.318. The Morgan fingerprint density at radius 3 is 2.31 bits per heavy atom. The number of hydrogen-bond donors (Lipinski definition) is 1. The molecule has 0 aliphatic carbocycles. The average molecular weight is 477 g/mol. The molecule has 0 atom stereocenters. The Kier molecular flexibility index (Phi) is 5.71. The number of aromatic nitrogens is 2. The summed E-state index contributed by atoms with van der Waals surface area (Å²) in [6, 6.07) is 17.1. The topological polar surface area (TPSA) is 50.4 Å². The van der Waals surface area contributed by atoms with Gasteiger partial charge in [0.2, 0.25) is 0 Å².